The maximum atomic E-state index is 13.4. The van der Waals surface area contributed by atoms with Crippen molar-refractivity contribution in [3.8, 4) is 11.5 Å². The van der Waals surface area contributed by atoms with E-state index in [2.05, 4.69) is 15.2 Å². The topological polar surface area (TPSA) is 63.9 Å². The van der Waals surface area contributed by atoms with E-state index in [1.165, 1.54) is 12.1 Å². The number of anilines is 1. The lowest BCUT2D eigenvalue weighted by Gasteiger charge is -2.16. The first-order chi connectivity index (χ1) is 12.0. The SMILES string of the molecule is CC(C)n1cnnc1-c1cccc(N2Cc3ccc(F)cc3C2=O)n1. The highest BCUT2D eigenvalue weighted by Gasteiger charge is 2.30. The summed E-state index contributed by atoms with van der Waals surface area (Å²) in [5, 5.41) is 8.10. The van der Waals surface area contributed by atoms with Gasteiger partial charge in [-0.2, -0.15) is 0 Å². The van der Waals surface area contributed by atoms with Crippen LogP contribution in [0.3, 0.4) is 0 Å². The van der Waals surface area contributed by atoms with Crippen molar-refractivity contribution in [1.82, 2.24) is 19.7 Å². The number of benzene rings is 1. The summed E-state index contributed by atoms with van der Waals surface area (Å²) in [6.45, 7) is 4.44. The number of amides is 1. The lowest BCUT2D eigenvalue weighted by atomic mass is 10.1. The molecule has 0 saturated heterocycles. The van der Waals surface area contributed by atoms with Gasteiger partial charge >= 0.3 is 0 Å². The fourth-order valence-electron chi connectivity index (χ4n) is 2.96. The molecule has 0 fully saturated rings. The highest BCUT2D eigenvalue weighted by molar-refractivity contribution is 6.09. The van der Waals surface area contributed by atoms with Crippen molar-refractivity contribution in [2.45, 2.75) is 26.4 Å². The zero-order valence-corrected chi connectivity index (χ0v) is 13.8. The van der Waals surface area contributed by atoms with Gasteiger partial charge in [0.05, 0.1) is 6.54 Å². The molecule has 0 atom stereocenters. The lowest BCUT2D eigenvalue weighted by Crippen LogP contribution is -2.24. The van der Waals surface area contributed by atoms with Crippen molar-refractivity contribution in [2.24, 2.45) is 0 Å². The average Bonchev–Trinajstić information content (AvgIpc) is 3.21. The first kappa shape index (κ1) is 15.4. The van der Waals surface area contributed by atoms with Gasteiger partial charge in [-0.25, -0.2) is 9.37 Å². The molecule has 0 bridgehead atoms. The molecule has 1 aliphatic heterocycles. The summed E-state index contributed by atoms with van der Waals surface area (Å²) in [6.07, 6.45) is 1.66. The quantitative estimate of drug-likeness (QED) is 0.736. The smallest absolute Gasteiger partial charge is 0.260 e. The Bertz CT molecular complexity index is 966. The number of carbonyl (C=O) groups is 1. The number of pyridine rings is 1. The summed E-state index contributed by atoms with van der Waals surface area (Å²) < 4.78 is 15.3. The van der Waals surface area contributed by atoms with Crippen molar-refractivity contribution < 1.29 is 9.18 Å². The molecular formula is C18H16FN5O. The number of nitrogens with zero attached hydrogens (tertiary/aromatic N) is 5. The van der Waals surface area contributed by atoms with E-state index in [0.717, 1.165) is 5.56 Å². The molecule has 0 spiro atoms. The molecule has 3 aromatic rings. The molecule has 0 N–H and O–H groups in total. The van der Waals surface area contributed by atoms with Crippen LogP contribution in [0.4, 0.5) is 10.2 Å². The van der Waals surface area contributed by atoms with Gasteiger partial charge < -0.3 is 4.57 Å². The summed E-state index contributed by atoms with van der Waals surface area (Å²) >= 11 is 0. The van der Waals surface area contributed by atoms with Gasteiger partial charge in [0.25, 0.3) is 5.91 Å². The maximum absolute atomic E-state index is 13.4. The third kappa shape index (κ3) is 2.57. The van der Waals surface area contributed by atoms with Crippen molar-refractivity contribution >= 4 is 11.7 Å². The van der Waals surface area contributed by atoms with Crippen LogP contribution in [0.1, 0.15) is 35.8 Å². The number of halogens is 1. The number of fused-ring (bicyclic) bond motifs is 1. The molecule has 6 nitrogen and oxygen atoms in total. The average molecular weight is 337 g/mol. The molecule has 0 aliphatic carbocycles. The summed E-state index contributed by atoms with van der Waals surface area (Å²) in [4.78, 5) is 18.7. The van der Waals surface area contributed by atoms with Crippen molar-refractivity contribution in [3.63, 3.8) is 0 Å². The van der Waals surface area contributed by atoms with Gasteiger partial charge in [-0.05, 0) is 43.7 Å². The number of carbonyl (C=O) groups excluding carboxylic acids is 1. The maximum Gasteiger partial charge on any atom is 0.260 e. The minimum Gasteiger partial charge on any atom is -0.310 e. The molecule has 7 heteroatoms. The van der Waals surface area contributed by atoms with E-state index in [0.29, 0.717) is 29.4 Å². The molecule has 4 rings (SSSR count). The number of hydrogen-bond donors (Lipinski definition) is 0. The molecule has 1 aliphatic rings. The third-order valence-electron chi connectivity index (χ3n) is 4.25. The lowest BCUT2D eigenvalue weighted by molar-refractivity contribution is 0.0995. The first-order valence-corrected chi connectivity index (χ1v) is 8.02. The van der Waals surface area contributed by atoms with Crippen molar-refractivity contribution in [1.29, 1.82) is 0 Å². The zero-order chi connectivity index (χ0) is 17.6. The molecule has 25 heavy (non-hydrogen) atoms. The van der Waals surface area contributed by atoms with E-state index in [1.54, 1.807) is 23.4 Å². The van der Waals surface area contributed by atoms with Crippen LogP contribution in [0.25, 0.3) is 11.5 Å². The zero-order valence-electron chi connectivity index (χ0n) is 13.8. The Labute approximate surface area is 143 Å². The van der Waals surface area contributed by atoms with Crippen LogP contribution in [-0.4, -0.2) is 25.7 Å². The largest absolute Gasteiger partial charge is 0.310 e. The van der Waals surface area contributed by atoms with E-state index in [4.69, 9.17) is 0 Å². The predicted molar refractivity (Wildman–Crippen MR) is 90.6 cm³/mol. The molecule has 1 aromatic carbocycles. The van der Waals surface area contributed by atoms with E-state index in [9.17, 15) is 9.18 Å². The Hall–Kier alpha value is -3.09. The van der Waals surface area contributed by atoms with Crippen LogP contribution in [0.2, 0.25) is 0 Å². The second-order valence-corrected chi connectivity index (χ2v) is 6.23. The van der Waals surface area contributed by atoms with Gasteiger partial charge in [0.15, 0.2) is 5.82 Å². The van der Waals surface area contributed by atoms with Crippen LogP contribution in [0.15, 0.2) is 42.7 Å². The fourth-order valence-corrected chi connectivity index (χ4v) is 2.96. The van der Waals surface area contributed by atoms with Gasteiger partial charge in [0, 0.05) is 11.6 Å². The summed E-state index contributed by atoms with van der Waals surface area (Å²) in [6, 6.07) is 9.90. The Morgan fingerprint density at radius 2 is 2.04 bits per heavy atom. The standard InChI is InChI=1S/C18H16FN5O/c1-11(2)24-10-20-22-17(24)15-4-3-5-16(21-15)23-9-12-6-7-13(19)8-14(12)18(23)25/h3-8,10-11H,9H2,1-2H3. The first-order valence-electron chi connectivity index (χ1n) is 8.02. The van der Waals surface area contributed by atoms with Crippen LogP contribution in [0, 0.1) is 5.82 Å². The molecule has 2 aromatic heterocycles. The monoisotopic (exact) mass is 337 g/mol. The molecule has 3 heterocycles. The normalized spacial score (nSPS) is 13.6. The third-order valence-corrected chi connectivity index (χ3v) is 4.25. The number of rotatable bonds is 3. The van der Waals surface area contributed by atoms with Crippen molar-refractivity contribution in [2.75, 3.05) is 4.90 Å². The minimum absolute atomic E-state index is 0.191. The Kier molecular flexibility index (Phi) is 3.56. The fraction of sp³-hybridized carbons (Fsp3) is 0.222. The molecule has 1 amide bonds. The van der Waals surface area contributed by atoms with Crippen LogP contribution in [-0.2, 0) is 6.54 Å². The van der Waals surface area contributed by atoms with Gasteiger partial charge in [0.1, 0.15) is 23.7 Å². The minimum atomic E-state index is -0.416. The molecule has 0 saturated carbocycles. The van der Waals surface area contributed by atoms with Crippen LogP contribution in [0.5, 0.6) is 0 Å². The highest BCUT2D eigenvalue weighted by atomic mass is 19.1. The van der Waals surface area contributed by atoms with E-state index in [-0.39, 0.29) is 11.9 Å². The molecular weight excluding hydrogens is 321 g/mol. The van der Waals surface area contributed by atoms with Crippen LogP contribution >= 0.6 is 0 Å². The molecule has 126 valence electrons. The van der Waals surface area contributed by atoms with E-state index < -0.39 is 5.82 Å². The summed E-state index contributed by atoms with van der Waals surface area (Å²) in [7, 11) is 0. The Morgan fingerprint density at radius 1 is 1.20 bits per heavy atom. The number of aromatic nitrogens is 4. The summed E-state index contributed by atoms with van der Waals surface area (Å²) in [5.41, 5.74) is 1.82. The van der Waals surface area contributed by atoms with E-state index >= 15 is 0 Å². The van der Waals surface area contributed by atoms with Gasteiger partial charge in [-0.3, -0.25) is 9.69 Å². The van der Waals surface area contributed by atoms with Crippen LogP contribution < -0.4 is 4.90 Å². The van der Waals surface area contributed by atoms with E-state index in [1.807, 2.05) is 30.5 Å². The van der Waals surface area contributed by atoms with Crippen molar-refractivity contribution in [3.05, 3.63) is 59.7 Å². The molecule has 0 radical (unpaired) electrons. The van der Waals surface area contributed by atoms with Gasteiger partial charge in [0.2, 0.25) is 0 Å². The van der Waals surface area contributed by atoms with Gasteiger partial charge in [-0.1, -0.05) is 12.1 Å². The number of hydrogen-bond acceptors (Lipinski definition) is 4. The Balaban J connectivity index is 1.72. The second kappa shape index (κ2) is 5.77. The molecule has 0 unspecified atom stereocenters. The second-order valence-electron chi connectivity index (χ2n) is 6.23. The Morgan fingerprint density at radius 3 is 2.84 bits per heavy atom. The summed E-state index contributed by atoms with van der Waals surface area (Å²) in [5.74, 6) is 0.495. The van der Waals surface area contributed by atoms with Gasteiger partial charge in [-0.15, -0.1) is 10.2 Å². The highest BCUT2D eigenvalue weighted by Crippen LogP contribution is 2.29. The predicted octanol–water partition coefficient (Wildman–Crippen LogP) is 3.22.